The molecule has 0 heterocycles. The first-order chi connectivity index (χ1) is 6.78. The van der Waals surface area contributed by atoms with Crippen LogP contribution in [0, 0.1) is 11.8 Å². The Hall–Kier alpha value is -0.120. The topological polar surface area (TPSA) is 47.3 Å². The Kier molecular flexibility index (Phi) is 4.85. The van der Waals surface area contributed by atoms with Crippen molar-refractivity contribution in [1.82, 2.24) is 5.43 Å². The number of nitrogens with two attached hydrogens (primary N) is 1. The summed E-state index contributed by atoms with van der Waals surface area (Å²) in [5.41, 5.74) is 2.95. The van der Waals surface area contributed by atoms with Gasteiger partial charge >= 0.3 is 0 Å². The van der Waals surface area contributed by atoms with Crippen LogP contribution in [-0.2, 0) is 4.74 Å². The fraction of sp³-hybridized carbons (Fsp3) is 1.00. The van der Waals surface area contributed by atoms with Gasteiger partial charge in [-0.05, 0) is 24.7 Å². The quantitative estimate of drug-likeness (QED) is 0.485. The Morgan fingerprint density at radius 1 is 1.36 bits per heavy atom. The van der Waals surface area contributed by atoms with Crippen LogP contribution in [0.15, 0.2) is 0 Å². The highest BCUT2D eigenvalue weighted by Gasteiger charge is 2.38. The smallest absolute Gasteiger partial charge is 0.0768 e. The number of rotatable bonds is 7. The third kappa shape index (κ3) is 2.69. The van der Waals surface area contributed by atoms with Crippen molar-refractivity contribution in [2.75, 3.05) is 7.11 Å². The fourth-order valence-electron chi connectivity index (χ4n) is 2.35. The average Bonchev–Trinajstić information content (AvgIpc) is 3.02. The molecule has 84 valence electrons. The van der Waals surface area contributed by atoms with Crippen LogP contribution in [0.2, 0.25) is 0 Å². The van der Waals surface area contributed by atoms with Crippen LogP contribution in [-0.4, -0.2) is 19.3 Å². The summed E-state index contributed by atoms with van der Waals surface area (Å²) in [6, 6.07) is 0.322. The van der Waals surface area contributed by atoms with E-state index >= 15 is 0 Å². The van der Waals surface area contributed by atoms with Gasteiger partial charge < -0.3 is 4.74 Å². The number of hydrogen-bond donors (Lipinski definition) is 2. The molecule has 0 aliphatic heterocycles. The Morgan fingerprint density at radius 3 is 2.21 bits per heavy atom. The van der Waals surface area contributed by atoms with E-state index in [2.05, 4.69) is 19.3 Å². The fourth-order valence-corrected chi connectivity index (χ4v) is 2.35. The van der Waals surface area contributed by atoms with Crippen molar-refractivity contribution in [2.45, 2.75) is 51.7 Å². The maximum Gasteiger partial charge on any atom is 0.0768 e. The Labute approximate surface area is 87.4 Å². The van der Waals surface area contributed by atoms with Gasteiger partial charge in [0.25, 0.3) is 0 Å². The van der Waals surface area contributed by atoms with Crippen molar-refractivity contribution in [2.24, 2.45) is 17.7 Å². The number of ether oxygens (including phenoxy) is 1. The maximum atomic E-state index is 5.64. The number of methoxy groups -OCH3 is 1. The van der Waals surface area contributed by atoms with E-state index < -0.39 is 0 Å². The lowest BCUT2D eigenvalue weighted by molar-refractivity contribution is 0.0295. The van der Waals surface area contributed by atoms with E-state index in [1.807, 2.05) is 0 Å². The van der Waals surface area contributed by atoms with Crippen LogP contribution in [0.5, 0.6) is 0 Å². The second-order valence-electron chi connectivity index (χ2n) is 4.31. The van der Waals surface area contributed by atoms with Gasteiger partial charge in [0.2, 0.25) is 0 Å². The number of hydrazine groups is 1. The summed E-state index contributed by atoms with van der Waals surface area (Å²) < 4.78 is 5.57. The first kappa shape index (κ1) is 12.0. The number of hydrogen-bond acceptors (Lipinski definition) is 3. The summed E-state index contributed by atoms with van der Waals surface area (Å²) in [7, 11) is 1.80. The van der Waals surface area contributed by atoms with Crippen molar-refractivity contribution >= 4 is 0 Å². The van der Waals surface area contributed by atoms with Gasteiger partial charge in [-0.1, -0.05) is 26.7 Å². The number of nitrogens with one attached hydrogen (secondary N) is 1. The molecular weight excluding hydrogens is 176 g/mol. The summed E-state index contributed by atoms with van der Waals surface area (Å²) in [6.07, 6.45) is 5.24. The van der Waals surface area contributed by atoms with E-state index in [4.69, 9.17) is 10.6 Å². The molecule has 3 heteroatoms. The van der Waals surface area contributed by atoms with E-state index in [1.54, 1.807) is 7.11 Å². The van der Waals surface area contributed by atoms with Gasteiger partial charge in [-0.25, -0.2) is 0 Å². The molecule has 0 radical (unpaired) electrons. The summed E-state index contributed by atoms with van der Waals surface area (Å²) in [6.45, 7) is 4.44. The lowest BCUT2D eigenvalue weighted by atomic mass is 9.89. The molecule has 0 saturated heterocycles. The standard InChI is InChI=1S/C11H24N2O/c1-4-8(5-2)10(13-12)11(14-3)9-6-7-9/h8-11,13H,4-7,12H2,1-3H3. The molecule has 1 aliphatic rings. The van der Waals surface area contributed by atoms with Crippen LogP contribution >= 0.6 is 0 Å². The van der Waals surface area contributed by atoms with Crippen LogP contribution in [0.4, 0.5) is 0 Å². The third-order valence-corrected chi connectivity index (χ3v) is 3.46. The molecule has 0 bridgehead atoms. The van der Waals surface area contributed by atoms with Crippen LogP contribution in [0.3, 0.4) is 0 Å². The Balaban J connectivity index is 2.56. The normalized spacial score (nSPS) is 21.2. The van der Waals surface area contributed by atoms with Crippen molar-refractivity contribution in [3.8, 4) is 0 Å². The molecule has 3 nitrogen and oxygen atoms in total. The van der Waals surface area contributed by atoms with Gasteiger partial charge in [-0.2, -0.15) is 0 Å². The Bertz CT molecular complexity index is 155. The van der Waals surface area contributed by atoms with E-state index in [-0.39, 0.29) is 0 Å². The van der Waals surface area contributed by atoms with Gasteiger partial charge in [-0.3, -0.25) is 11.3 Å². The lowest BCUT2D eigenvalue weighted by Crippen LogP contribution is -2.50. The predicted octanol–water partition coefficient (Wildman–Crippen LogP) is 1.68. The minimum Gasteiger partial charge on any atom is -0.379 e. The van der Waals surface area contributed by atoms with Gasteiger partial charge in [0.15, 0.2) is 0 Å². The zero-order valence-electron chi connectivity index (χ0n) is 9.62. The molecule has 0 aromatic rings. The molecule has 0 aromatic carbocycles. The highest BCUT2D eigenvalue weighted by atomic mass is 16.5. The highest BCUT2D eigenvalue weighted by molar-refractivity contribution is 4.92. The SMILES string of the molecule is CCC(CC)C(NN)C(OC)C1CC1. The lowest BCUT2D eigenvalue weighted by Gasteiger charge is -2.31. The first-order valence-corrected chi connectivity index (χ1v) is 5.77. The zero-order valence-corrected chi connectivity index (χ0v) is 9.62. The minimum atomic E-state index is 0.310. The van der Waals surface area contributed by atoms with Gasteiger partial charge in [-0.15, -0.1) is 0 Å². The zero-order chi connectivity index (χ0) is 10.6. The second-order valence-corrected chi connectivity index (χ2v) is 4.31. The summed E-state index contributed by atoms with van der Waals surface area (Å²) in [5, 5.41) is 0. The highest BCUT2D eigenvalue weighted by Crippen LogP contribution is 2.37. The molecule has 1 aliphatic carbocycles. The molecule has 0 spiro atoms. The largest absolute Gasteiger partial charge is 0.379 e. The molecule has 0 amide bonds. The minimum absolute atomic E-state index is 0.310. The average molecular weight is 200 g/mol. The van der Waals surface area contributed by atoms with Crippen molar-refractivity contribution in [1.29, 1.82) is 0 Å². The summed E-state index contributed by atoms with van der Waals surface area (Å²) in [5.74, 6) is 7.00. The molecule has 1 rings (SSSR count). The summed E-state index contributed by atoms with van der Waals surface area (Å²) >= 11 is 0. The monoisotopic (exact) mass is 200 g/mol. The maximum absolute atomic E-state index is 5.64. The second kappa shape index (κ2) is 5.69. The molecule has 2 unspecified atom stereocenters. The van der Waals surface area contributed by atoms with E-state index in [0.29, 0.717) is 18.1 Å². The van der Waals surface area contributed by atoms with Crippen molar-refractivity contribution < 1.29 is 4.74 Å². The predicted molar refractivity (Wildman–Crippen MR) is 58.7 cm³/mol. The third-order valence-electron chi connectivity index (χ3n) is 3.46. The van der Waals surface area contributed by atoms with Gasteiger partial charge in [0.05, 0.1) is 12.1 Å². The molecule has 2 atom stereocenters. The van der Waals surface area contributed by atoms with Crippen LogP contribution in [0.25, 0.3) is 0 Å². The Morgan fingerprint density at radius 2 is 1.93 bits per heavy atom. The molecule has 3 N–H and O–H groups in total. The van der Waals surface area contributed by atoms with E-state index in [1.165, 1.54) is 12.8 Å². The van der Waals surface area contributed by atoms with E-state index in [9.17, 15) is 0 Å². The van der Waals surface area contributed by atoms with Crippen molar-refractivity contribution in [3.05, 3.63) is 0 Å². The molecule has 1 fully saturated rings. The van der Waals surface area contributed by atoms with E-state index in [0.717, 1.165) is 18.8 Å². The molecule has 0 aromatic heterocycles. The molecule has 14 heavy (non-hydrogen) atoms. The first-order valence-electron chi connectivity index (χ1n) is 5.77. The van der Waals surface area contributed by atoms with Gasteiger partial charge in [0.1, 0.15) is 0 Å². The van der Waals surface area contributed by atoms with Crippen LogP contribution in [0.1, 0.15) is 39.5 Å². The van der Waals surface area contributed by atoms with Crippen LogP contribution < -0.4 is 11.3 Å². The molecular formula is C11H24N2O. The molecule has 1 saturated carbocycles. The van der Waals surface area contributed by atoms with Crippen molar-refractivity contribution in [3.63, 3.8) is 0 Å². The van der Waals surface area contributed by atoms with Gasteiger partial charge in [0, 0.05) is 7.11 Å². The summed E-state index contributed by atoms with van der Waals surface area (Å²) in [4.78, 5) is 0.